The molecule has 1 saturated heterocycles. The van der Waals surface area contributed by atoms with Crippen LogP contribution in [0.4, 0.5) is 0 Å². The number of aryl methyl sites for hydroxylation is 1. The molecule has 1 unspecified atom stereocenters. The summed E-state index contributed by atoms with van der Waals surface area (Å²) in [5.41, 5.74) is 4.43. The highest BCUT2D eigenvalue weighted by Gasteiger charge is 2.23. The van der Waals surface area contributed by atoms with Crippen LogP contribution in [0, 0.1) is 12.8 Å². The Bertz CT molecular complexity index is 864. The first-order chi connectivity index (χ1) is 12.7. The largest absolute Gasteiger partial charge is 0.352 e. The third kappa shape index (κ3) is 3.81. The highest BCUT2D eigenvalue weighted by molar-refractivity contribution is 5.95. The summed E-state index contributed by atoms with van der Waals surface area (Å²) in [5.74, 6) is 0.548. The van der Waals surface area contributed by atoms with Gasteiger partial charge in [-0.15, -0.1) is 0 Å². The van der Waals surface area contributed by atoms with Gasteiger partial charge in [-0.05, 0) is 49.6 Å². The molecule has 134 valence electrons. The Hall–Kier alpha value is -2.59. The van der Waals surface area contributed by atoms with Crippen molar-refractivity contribution in [1.29, 1.82) is 0 Å². The van der Waals surface area contributed by atoms with Gasteiger partial charge in [-0.25, -0.2) is 0 Å². The normalized spacial score (nSPS) is 17.7. The lowest BCUT2D eigenvalue weighted by molar-refractivity contribution is 0.0947. The number of aromatic nitrogens is 1. The van der Waals surface area contributed by atoms with E-state index in [0.29, 0.717) is 5.92 Å². The van der Waals surface area contributed by atoms with E-state index in [1.54, 1.807) is 0 Å². The molecular formula is C22H25N3O. The van der Waals surface area contributed by atoms with Crippen molar-refractivity contribution in [3.8, 4) is 0 Å². The summed E-state index contributed by atoms with van der Waals surface area (Å²) in [4.78, 5) is 14.9. The standard InChI is InChI=1S/C22H25N3O/c1-17-5-7-18(8-6-17)14-24-11-9-19(15-24)13-23-22(26)20-12-21-4-2-3-10-25(21)16-20/h2-8,10,12,16,19H,9,11,13-15H2,1H3,(H,23,26). The molecule has 4 rings (SSSR count). The Morgan fingerprint density at radius 2 is 2.04 bits per heavy atom. The Balaban J connectivity index is 1.28. The lowest BCUT2D eigenvalue weighted by Crippen LogP contribution is -2.30. The molecule has 2 aromatic heterocycles. The Morgan fingerprint density at radius 1 is 1.19 bits per heavy atom. The van der Waals surface area contributed by atoms with Gasteiger partial charge in [0.25, 0.3) is 5.91 Å². The number of benzene rings is 1. The van der Waals surface area contributed by atoms with Crippen LogP contribution in [0.25, 0.3) is 5.52 Å². The topological polar surface area (TPSA) is 36.8 Å². The van der Waals surface area contributed by atoms with Gasteiger partial charge in [-0.2, -0.15) is 0 Å². The highest BCUT2D eigenvalue weighted by atomic mass is 16.1. The molecule has 0 radical (unpaired) electrons. The van der Waals surface area contributed by atoms with Crippen LogP contribution in [0.2, 0.25) is 0 Å². The fourth-order valence-corrected chi connectivity index (χ4v) is 3.69. The van der Waals surface area contributed by atoms with Crippen molar-refractivity contribution in [3.05, 3.63) is 77.6 Å². The molecule has 4 nitrogen and oxygen atoms in total. The van der Waals surface area contributed by atoms with Crippen molar-refractivity contribution in [3.63, 3.8) is 0 Å². The third-order valence-corrected chi connectivity index (χ3v) is 5.21. The van der Waals surface area contributed by atoms with Crippen molar-refractivity contribution >= 4 is 11.4 Å². The van der Waals surface area contributed by atoms with E-state index in [1.807, 2.05) is 41.1 Å². The molecule has 0 spiro atoms. The molecule has 0 bridgehead atoms. The van der Waals surface area contributed by atoms with Crippen molar-refractivity contribution in [2.75, 3.05) is 19.6 Å². The molecule has 1 aliphatic rings. The van der Waals surface area contributed by atoms with Gasteiger partial charge in [0, 0.05) is 37.5 Å². The number of likely N-dealkylation sites (tertiary alicyclic amines) is 1. The molecule has 4 heteroatoms. The summed E-state index contributed by atoms with van der Waals surface area (Å²) in [6, 6.07) is 16.7. The van der Waals surface area contributed by atoms with Crippen LogP contribution < -0.4 is 5.32 Å². The molecule has 1 aromatic carbocycles. The van der Waals surface area contributed by atoms with Crippen LogP contribution in [0.3, 0.4) is 0 Å². The summed E-state index contributed by atoms with van der Waals surface area (Å²) >= 11 is 0. The van der Waals surface area contributed by atoms with Crippen molar-refractivity contribution in [1.82, 2.24) is 14.6 Å². The molecule has 1 amide bonds. The Labute approximate surface area is 154 Å². The molecule has 1 aliphatic heterocycles. The maximum absolute atomic E-state index is 12.4. The van der Waals surface area contributed by atoms with Gasteiger partial charge in [-0.1, -0.05) is 35.9 Å². The van der Waals surface area contributed by atoms with Crippen LogP contribution in [-0.2, 0) is 6.54 Å². The first kappa shape index (κ1) is 16.9. The lowest BCUT2D eigenvalue weighted by atomic mass is 10.1. The van der Waals surface area contributed by atoms with Gasteiger partial charge in [0.05, 0.1) is 5.56 Å². The number of carbonyl (C=O) groups excluding carboxylic acids is 1. The molecule has 3 aromatic rings. The van der Waals surface area contributed by atoms with E-state index in [1.165, 1.54) is 11.1 Å². The van der Waals surface area contributed by atoms with Crippen LogP contribution in [-0.4, -0.2) is 34.8 Å². The van der Waals surface area contributed by atoms with Gasteiger partial charge in [0.2, 0.25) is 0 Å². The fraction of sp³-hybridized carbons (Fsp3) is 0.318. The molecule has 26 heavy (non-hydrogen) atoms. The number of pyridine rings is 1. The number of nitrogens with zero attached hydrogens (tertiary/aromatic N) is 2. The second kappa shape index (κ2) is 7.34. The number of rotatable bonds is 5. The van der Waals surface area contributed by atoms with Crippen molar-refractivity contribution < 1.29 is 4.79 Å². The fourth-order valence-electron chi connectivity index (χ4n) is 3.69. The maximum Gasteiger partial charge on any atom is 0.252 e. The van der Waals surface area contributed by atoms with Crippen LogP contribution >= 0.6 is 0 Å². The molecule has 3 heterocycles. The number of fused-ring (bicyclic) bond motifs is 1. The summed E-state index contributed by atoms with van der Waals surface area (Å²) in [5, 5.41) is 3.11. The zero-order valence-corrected chi connectivity index (χ0v) is 15.2. The van der Waals surface area contributed by atoms with E-state index >= 15 is 0 Å². The highest BCUT2D eigenvalue weighted by Crippen LogP contribution is 2.19. The zero-order valence-electron chi connectivity index (χ0n) is 15.2. The Kier molecular flexibility index (Phi) is 4.76. The second-order valence-electron chi connectivity index (χ2n) is 7.35. The number of hydrogen-bond acceptors (Lipinski definition) is 2. The smallest absolute Gasteiger partial charge is 0.252 e. The second-order valence-corrected chi connectivity index (χ2v) is 7.35. The maximum atomic E-state index is 12.4. The van der Waals surface area contributed by atoms with E-state index in [-0.39, 0.29) is 5.91 Å². The predicted octanol–water partition coefficient (Wildman–Crippen LogP) is 3.50. The molecule has 1 atom stereocenters. The van der Waals surface area contributed by atoms with E-state index < -0.39 is 0 Å². The Morgan fingerprint density at radius 3 is 2.85 bits per heavy atom. The number of amides is 1. The predicted molar refractivity (Wildman–Crippen MR) is 104 cm³/mol. The summed E-state index contributed by atoms with van der Waals surface area (Å²) < 4.78 is 1.98. The van der Waals surface area contributed by atoms with E-state index in [0.717, 1.165) is 43.7 Å². The molecule has 0 aliphatic carbocycles. The zero-order chi connectivity index (χ0) is 17.9. The monoisotopic (exact) mass is 347 g/mol. The first-order valence-corrected chi connectivity index (χ1v) is 9.30. The van der Waals surface area contributed by atoms with E-state index in [4.69, 9.17) is 0 Å². The van der Waals surface area contributed by atoms with E-state index in [2.05, 4.69) is 41.4 Å². The first-order valence-electron chi connectivity index (χ1n) is 9.30. The minimum atomic E-state index is 0.0192. The average Bonchev–Trinajstić information content (AvgIpc) is 3.28. The van der Waals surface area contributed by atoms with Gasteiger partial charge >= 0.3 is 0 Å². The minimum absolute atomic E-state index is 0.0192. The van der Waals surface area contributed by atoms with Gasteiger partial charge in [0.15, 0.2) is 0 Å². The quantitative estimate of drug-likeness (QED) is 0.767. The summed E-state index contributed by atoms with van der Waals surface area (Å²) in [6.45, 7) is 6.01. The van der Waals surface area contributed by atoms with Crippen molar-refractivity contribution in [2.45, 2.75) is 19.9 Å². The minimum Gasteiger partial charge on any atom is -0.352 e. The SMILES string of the molecule is Cc1ccc(CN2CCC(CNC(=O)c3cc4ccccn4c3)C2)cc1. The number of hydrogen-bond donors (Lipinski definition) is 1. The van der Waals surface area contributed by atoms with Gasteiger partial charge in [0.1, 0.15) is 0 Å². The molecule has 1 fully saturated rings. The van der Waals surface area contributed by atoms with Crippen molar-refractivity contribution in [2.24, 2.45) is 5.92 Å². The van der Waals surface area contributed by atoms with Crippen LogP contribution in [0.15, 0.2) is 60.9 Å². The average molecular weight is 347 g/mol. The van der Waals surface area contributed by atoms with Crippen LogP contribution in [0.5, 0.6) is 0 Å². The third-order valence-electron chi connectivity index (χ3n) is 5.21. The van der Waals surface area contributed by atoms with E-state index in [9.17, 15) is 4.79 Å². The van der Waals surface area contributed by atoms with Crippen LogP contribution in [0.1, 0.15) is 27.9 Å². The lowest BCUT2D eigenvalue weighted by Gasteiger charge is -2.16. The molecular weight excluding hydrogens is 322 g/mol. The number of nitrogens with one attached hydrogen (secondary N) is 1. The summed E-state index contributed by atoms with van der Waals surface area (Å²) in [7, 11) is 0. The molecule has 1 N–H and O–H groups in total. The summed E-state index contributed by atoms with van der Waals surface area (Å²) in [6.07, 6.45) is 5.00. The molecule has 0 saturated carbocycles. The number of carbonyl (C=O) groups is 1. The van der Waals surface area contributed by atoms with Gasteiger partial charge in [-0.3, -0.25) is 9.69 Å². The van der Waals surface area contributed by atoms with Gasteiger partial charge < -0.3 is 9.72 Å².